The van der Waals surface area contributed by atoms with Gasteiger partial charge in [-0.3, -0.25) is 9.79 Å². The molecule has 2 aromatic rings. The number of nitrogens with zero attached hydrogens (tertiary/aromatic N) is 1. The number of allylic oxidation sites excluding steroid dienone is 1. The van der Waals surface area contributed by atoms with Crippen LogP contribution in [-0.2, 0) is 4.79 Å². The van der Waals surface area contributed by atoms with E-state index in [-0.39, 0.29) is 35.1 Å². The number of rotatable bonds is 4. The van der Waals surface area contributed by atoms with Crippen molar-refractivity contribution in [2.45, 2.75) is 57.4 Å². The zero-order chi connectivity index (χ0) is 22.5. The van der Waals surface area contributed by atoms with Crippen LogP contribution < -0.4 is 5.32 Å². The molecule has 5 rings (SSSR count). The van der Waals surface area contributed by atoms with Crippen molar-refractivity contribution in [1.29, 1.82) is 0 Å². The van der Waals surface area contributed by atoms with E-state index in [1.54, 1.807) is 0 Å². The van der Waals surface area contributed by atoms with Gasteiger partial charge in [-0.25, -0.2) is 0 Å². The van der Waals surface area contributed by atoms with E-state index in [9.17, 15) is 4.79 Å². The van der Waals surface area contributed by atoms with Gasteiger partial charge < -0.3 is 5.32 Å². The summed E-state index contributed by atoms with van der Waals surface area (Å²) < 4.78 is 0. The second-order valence-electron chi connectivity index (χ2n) is 9.42. The lowest BCUT2D eigenvalue weighted by molar-refractivity contribution is -0.131. The minimum Gasteiger partial charge on any atom is -0.353 e. The standard InChI is InChI=1S/C27H28Cl2N2O/c1-3-27-13-12-21(20-11-8-18(15-22(20)29)23-5-4-14-30-23)24(17-6-9-19(28)10-7-17)25(27)16(2)31-26(27)32/h4,6-11,14-16,21,24-25H,3,5,12-13H2,1-2H3,(H,31,32)/t16-,21+,24+,25+,27-/m1/s1. The van der Waals surface area contributed by atoms with E-state index in [0.29, 0.717) is 0 Å². The van der Waals surface area contributed by atoms with Crippen LogP contribution in [0.1, 0.15) is 68.1 Å². The highest BCUT2D eigenvalue weighted by Crippen LogP contribution is 2.60. The van der Waals surface area contributed by atoms with Gasteiger partial charge in [0.1, 0.15) is 0 Å². The Labute approximate surface area is 199 Å². The molecule has 2 heterocycles. The van der Waals surface area contributed by atoms with Crippen molar-refractivity contribution in [2.24, 2.45) is 16.3 Å². The highest BCUT2D eigenvalue weighted by atomic mass is 35.5. The lowest BCUT2D eigenvalue weighted by atomic mass is 9.54. The normalized spacial score (nSPS) is 31.4. The van der Waals surface area contributed by atoms with Gasteiger partial charge in [0.15, 0.2) is 0 Å². The van der Waals surface area contributed by atoms with Crippen LogP contribution in [0.3, 0.4) is 0 Å². The van der Waals surface area contributed by atoms with E-state index < -0.39 is 0 Å². The summed E-state index contributed by atoms with van der Waals surface area (Å²) in [6.45, 7) is 4.31. The first-order valence-electron chi connectivity index (χ1n) is 11.5. The van der Waals surface area contributed by atoms with Gasteiger partial charge in [0.2, 0.25) is 5.91 Å². The van der Waals surface area contributed by atoms with Crippen LogP contribution >= 0.6 is 23.2 Å². The molecular formula is C27H28Cl2N2O. The van der Waals surface area contributed by atoms with Gasteiger partial charge in [-0.1, -0.05) is 60.5 Å². The minimum absolute atomic E-state index is 0.114. The molecule has 3 aliphatic rings. The number of aliphatic imine (C=N–C) groups is 1. The average molecular weight is 467 g/mol. The molecule has 1 amide bonds. The van der Waals surface area contributed by atoms with E-state index in [4.69, 9.17) is 23.2 Å². The SMILES string of the molecule is CC[C@@]12CC[C@@H](c3ccc(C4=NC=CC4)cc3Cl)[C@H](c3ccc(Cl)cc3)[C@@H]1[C@@H](C)NC2=O. The summed E-state index contributed by atoms with van der Waals surface area (Å²) >= 11 is 13.1. The summed E-state index contributed by atoms with van der Waals surface area (Å²) in [6, 6.07) is 14.7. The predicted octanol–water partition coefficient (Wildman–Crippen LogP) is 6.89. The fraction of sp³-hybridized carbons (Fsp3) is 0.407. The highest BCUT2D eigenvalue weighted by Gasteiger charge is 2.59. The maximum Gasteiger partial charge on any atom is 0.226 e. The van der Waals surface area contributed by atoms with E-state index in [0.717, 1.165) is 52.6 Å². The first kappa shape index (κ1) is 21.7. The van der Waals surface area contributed by atoms with E-state index in [2.05, 4.69) is 60.6 Å². The lowest BCUT2D eigenvalue weighted by Gasteiger charge is -2.47. The van der Waals surface area contributed by atoms with Crippen molar-refractivity contribution in [3.05, 3.63) is 81.5 Å². The van der Waals surface area contributed by atoms with Gasteiger partial charge >= 0.3 is 0 Å². The quantitative estimate of drug-likeness (QED) is 0.523. The first-order chi connectivity index (χ1) is 15.4. The van der Waals surface area contributed by atoms with Gasteiger partial charge in [-0.15, -0.1) is 0 Å². The molecule has 166 valence electrons. The largest absolute Gasteiger partial charge is 0.353 e. The monoisotopic (exact) mass is 466 g/mol. The molecule has 5 atom stereocenters. The fourth-order valence-electron chi connectivity index (χ4n) is 6.45. The second-order valence-corrected chi connectivity index (χ2v) is 10.3. The molecule has 1 saturated carbocycles. The second kappa shape index (κ2) is 8.35. The Bertz CT molecular complexity index is 1110. The van der Waals surface area contributed by atoms with Crippen LogP contribution in [0, 0.1) is 11.3 Å². The van der Waals surface area contributed by atoms with Gasteiger partial charge in [0.25, 0.3) is 0 Å². The molecule has 0 aromatic heterocycles. The summed E-state index contributed by atoms with van der Waals surface area (Å²) in [5, 5.41) is 4.79. The molecule has 1 aliphatic carbocycles. The Morgan fingerprint density at radius 3 is 2.59 bits per heavy atom. The first-order valence-corrected chi connectivity index (χ1v) is 12.3. The number of carbonyl (C=O) groups is 1. The molecule has 0 bridgehead atoms. The van der Waals surface area contributed by atoms with Gasteiger partial charge in [0.05, 0.1) is 11.1 Å². The molecule has 2 fully saturated rings. The van der Waals surface area contributed by atoms with Gasteiger partial charge in [-0.05, 0) is 72.9 Å². The van der Waals surface area contributed by atoms with Crippen LogP contribution in [-0.4, -0.2) is 17.7 Å². The summed E-state index contributed by atoms with van der Waals surface area (Å²) in [6.07, 6.45) is 7.42. The average Bonchev–Trinajstić information content (AvgIpc) is 3.41. The van der Waals surface area contributed by atoms with E-state index >= 15 is 0 Å². The summed E-state index contributed by atoms with van der Waals surface area (Å²) in [4.78, 5) is 17.6. The third-order valence-electron chi connectivity index (χ3n) is 7.98. The third-order valence-corrected chi connectivity index (χ3v) is 8.55. The Hall–Kier alpha value is -2.10. The minimum atomic E-state index is -0.323. The molecule has 5 heteroatoms. The van der Waals surface area contributed by atoms with E-state index in [1.807, 2.05) is 18.3 Å². The Kier molecular flexibility index (Phi) is 5.67. The molecule has 3 nitrogen and oxygen atoms in total. The van der Waals surface area contributed by atoms with Crippen LogP contribution in [0.4, 0.5) is 0 Å². The zero-order valence-corrected chi connectivity index (χ0v) is 20.0. The number of amides is 1. The number of benzene rings is 2. The predicted molar refractivity (Wildman–Crippen MR) is 132 cm³/mol. The van der Waals surface area contributed by atoms with Crippen LogP contribution in [0.5, 0.6) is 0 Å². The third kappa shape index (κ3) is 3.41. The number of nitrogens with one attached hydrogen (secondary N) is 1. The molecule has 1 saturated heterocycles. The number of fused-ring (bicyclic) bond motifs is 1. The topological polar surface area (TPSA) is 41.5 Å². The van der Waals surface area contributed by atoms with Crippen molar-refractivity contribution in [2.75, 3.05) is 0 Å². The Morgan fingerprint density at radius 1 is 1.16 bits per heavy atom. The van der Waals surface area contributed by atoms with Crippen LogP contribution in [0.15, 0.2) is 59.7 Å². The number of hydrogen-bond donors (Lipinski definition) is 1. The maximum absolute atomic E-state index is 13.1. The fourth-order valence-corrected chi connectivity index (χ4v) is 6.90. The van der Waals surface area contributed by atoms with Crippen molar-refractivity contribution in [3.63, 3.8) is 0 Å². The maximum atomic E-state index is 13.1. The molecule has 1 N–H and O–H groups in total. The molecular weight excluding hydrogens is 439 g/mol. The zero-order valence-electron chi connectivity index (χ0n) is 18.4. The van der Waals surface area contributed by atoms with Gasteiger partial charge in [-0.2, -0.15) is 0 Å². The van der Waals surface area contributed by atoms with Crippen molar-refractivity contribution >= 4 is 34.8 Å². The lowest BCUT2D eigenvalue weighted by Crippen LogP contribution is -2.43. The molecule has 2 aromatic carbocycles. The van der Waals surface area contributed by atoms with Crippen molar-refractivity contribution in [3.8, 4) is 0 Å². The van der Waals surface area contributed by atoms with Gasteiger partial charge in [0, 0.05) is 34.6 Å². The molecule has 0 radical (unpaired) electrons. The molecule has 32 heavy (non-hydrogen) atoms. The summed E-state index contributed by atoms with van der Waals surface area (Å²) in [5.41, 5.74) is 4.21. The molecule has 0 unspecified atom stereocenters. The van der Waals surface area contributed by atoms with Crippen molar-refractivity contribution in [1.82, 2.24) is 5.32 Å². The van der Waals surface area contributed by atoms with E-state index in [1.165, 1.54) is 5.56 Å². The smallest absolute Gasteiger partial charge is 0.226 e. The van der Waals surface area contributed by atoms with Crippen LogP contribution in [0.2, 0.25) is 10.0 Å². The summed E-state index contributed by atoms with van der Waals surface area (Å²) in [5.74, 6) is 0.840. The summed E-state index contributed by atoms with van der Waals surface area (Å²) in [7, 11) is 0. The van der Waals surface area contributed by atoms with Crippen LogP contribution in [0.25, 0.3) is 0 Å². The number of hydrogen-bond acceptors (Lipinski definition) is 2. The Balaban J connectivity index is 1.60. The Morgan fingerprint density at radius 2 is 1.94 bits per heavy atom. The molecule has 0 spiro atoms. The number of halogens is 2. The van der Waals surface area contributed by atoms with Crippen molar-refractivity contribution < 1.29 is 4.79 Å². The number of carbonyl (C=O) groups excluding carboxylic acids is 1. The molecule has 2 aliphatic heterocycles. The highest BCUT2D eigenvalue weighted by molar-refractivity contribution is 6.32.